The second-order valence-electron chi connectivity index (χ2n) is 4.68. The van der Waals surface area contributed by atoms with Gasteiger partial charge in [0, 0.05) is 23.8 Å². The topological polar surface area (TPSA) is 67.9 Å². The molecule has 0 aliphatic carbocycles. The van der Waals surface area contributed by atoms with Crippen molar-refractivity contribution in [1.29, 1.82) is 0 Å². The second-order valence-corrected chi connectivity index (χ2v) is 5.11. The Labute approximate surface area is 128 Å². The molecule has 1 amide bonds. The highest BCUT2D eigenvalue weighted by atomic mass is 35.5. The molecule has 1 aliphatic heterocycles. The summed E-state index contributed by atoms with van der Waals surface area (Å²) >= 11 is 5.86. The van der Waals surface area contributed by atoms with Gasteiger partial charge in [-0.3, -0.25) is 9.69 Å². The summed E-state index contributed by atoms with van der Waals surface area (Å²) in [5.41, 5.74) is 0.644. The fourth-order valence-electron chi connectivity index (χ4n) is 2.09. The fourth-order valence-corrected chi connectivity index (χ4v) is 2.28. The van der Waals surface area contributed by atoms with Crippen LogP contribution in [0, 0.1) is 0 Å². The molecule has 0 aromatic heterocycles. The number of ether oxygens (including phenoxy) is 2. The number of morpholine rings is 1. The summed E-state index contributed by atoms with van der Waals surface area (Å²) in [5.74, 6) is -0.585. The lowest BCUT2D eigenvalue weighted by atomic mass is 10.2. The van der Waals surface area contributed by atoms with Crippen LogP contribution < -0.4 is 5.32 Å². The summed E-state index contributed by atoms with van der Waals surface area (Å²) in [6.45, 7) is 1.51. The summed E-state index contributed by atoms with van der Waals surface area (Å²) in [5, 5.41) is 3.33. The van der Waals surface area contributed by atoms with Crippen LogP contribution in [0.4, 0.5) is 5.69 Å². The molecule has 1 N–H and O–H groups in total. The van der Waals surface area contributed by atoms with Crippen LogP contribution in [-0.4, -0.2) is 56.2 Å². The first-order valence-corrected chi connectivity index (χ1v) is 6.93. The van der Waals surface area contributed by atoms with Gasteiger partial charge in [-0.15, -0.1) is 0 Å². The molecule has 0 saturated carbocycles. The van der Waals surface area contributed by atoms with Gasteiger partial charge in [-0.05, 0) is 18.2 Å². The predicted molar refractivity (Wildman–Crippen MR) is 78.3 cm³/mol. The Morgan fingerprint density at radius 1 is 1.52 bits per heavy atom. The van der Waals surface area contributed by atoms with E-state index in [1.807, 2.05) is 4.90 Å². The van der Waals surface area contributed by atoms with Gasteiger partial charge in [0.25, 0.3) is 0 Å². The van der Waals surface area contributed by atoms with E-state index in [0.29, 0.717) is 30.4 Å². The molecule has 1 unspecified atom stereocenters. The van der Waals surface area contributed by atoms with E-state index in [4.69, 9.17) is 16.3 Å². The molecule has 6 nitrogen and oxygen atoms in total. The lowest BCUT2D eigenvalue weighted by Crippen LogP contribution is -2.48. The minimum absolute atomic E-state index is 0.164. The van der Waals surface area contributed by atoms with Crippen molar-refractivity contribution in [3.05, 3.63) is 29.3 Å². The molecule has 1 aromatic carbocycles. The smallest absolute Gasteiger partial charge is 0.336 e. The Morgan fingerprint density at radius 3 is 3.05 bits per heavy atom. The third kappa shape index (κ3) is 4.70. The normalized spacial score (nSPS) is 19.0. The summed E-state index contributed by atoms with van der Waals surface area (Å²) < 4.78 is 9.96. The Kier molecular flexibility index (Phi) is 5.55. The van der Waals surface area contributed by atoms with E-state index < -0.39 is 12.1 Å². The van der Waals surface area contributed by atoms with Gasteiger partial charge >= 0.3 is 5.97 Å². The monoisotopic (exact) mass is 312 g/mol. The number of esters is 1. The van der Waals surface area contributed by atoms with Crippen molar-refractivity contribution in [2.45, 2.75) is 6.10 Å². The van der Waals surface area contributed by atoms with E-state index in [9.17, 15) is 9.59 Å². The van der Waals surface area contributed by atoms with Gasteiger partial charge in [0.1, 0.15) is 0 Å². The quantitative estimate of drug-likeness (QED) is 0.845. The molecule has 21 heavy (non-hydrogen) atoms. The zero-order chi connectivity index (χ0) is 15.2. The number of benzene rings is 1. The second kappa shape index (κ2) is 7.40. The van der Waals surface area contributed by atoms with Crippen molar-refractivity contribution in [1.82, 2.24) is 4.90 Å². The van der Waals surface area contributed by atoms with Crippen LogP contribution in [0.5, 0.6) is 0 Å². The molecule has 0 radical (unpaired) electrons. The van der Waals surface area contributed by atoms with Crippen LogP contribution in [0.15, 0.2) is 24.3 Å². The van der Waals surface area contributed by atoms with E-state index >= 15 is 0 Å². The van der Waals surface area contributed by atoms with Gasteiger partial charge in [0.2, 0.25) is 5.91 Å². The van der Waals surface area contributed by atoms with E-state index in [1.54, 1.807) is 24.3 Å². The number of carbonyl (C=O) groups is 2. The van der Waals surface area contributed by atoms with E-state index in [-0.39, 0.29) is 12.5 Å². The SMILES string of the molecule is COC(=O)C1CN(CC(=O)Nc2cccc(Cl)c2)CCO1. The number of hydrogen-bond acceptors (Lipinski definition) is 5. The Morgan fingerprint density at radius 2 is 2.33 bits per heavy atom. The maximum absolute atomic E-state index is 12.0. The molecular formula is C14H17ClN2O4. The van der Waals surface area contributed by atoms with Crippen LogP contribution in [0.3, 0.4) is 0 Å². The zero-order valence-electron chi connectivity index (χ0n) is 11.7. The number of halogens is 1. The third-order valence-corrected chi connectivity index (χ3v) is 3.33. The predicted octanol–water partition coefficient (Wildman–Crippen LogP) is 1.15. The van der Waals surface area contributed by atoms with Crippen molar-refractivity contribution in [2.24, 2.45) is 0 Å². The van der Waals surface area contributed by atoms with Crippen molar-refractivity contribution in [3.63, 3.8) is 0 Å². The molecule has 7 heteroatoms. The van der Waals surface area contributed by atoms with Crippen LogP contribution >= 0.6 is 11.6 Å². The van der Waals surface area contributed by atoms with E-state index in [0.717, 1.165) is 0 Å². The number of carbonyl (C=O) groups excluding carboxylic acids is 2. The van der Waals surface area contributed by atoms with Crippen molar-refractivity contribution < 1.29 is 19.1 Å². The summed E-state index contributed by atoms with van der Waals surface area (Å²) in [4.78, 5) is 25.3. The Balaban J connectivity index is 1.86. The van der Waals surface area contributed by atoms with Crippen molar-refractivity contribution in [3.8, 4) is 0 Å². The minimum atomic E-state index is -0.636. The molecule has 1 saturated heterocycles. The number of anilines is 1. The lowest BCUT2D eigenvalue weighted by Gasteiger charge is -2.30. The summed E-state index contributed by atoms with van der Waals surface area (Å²) in [6.07, 6.45) is -0.636. The maximum atomic E-state index is 12.0. The number of nitrogens with zero attached hydrogens (tertiary/aromatic N) is 1. The molecule has 1 aliphatic rings. The highest BCUT2D eigenvalue weighted by molar-refractivity contribution is 6.30. The van der Waals surface area contributed by atoms with Crippen LogP contribution in [0.25, 0.3) is 0 Å². The standard InChI is InChI=1S/C14H17ClN2O4/c1-20-14(19)12-8-17(5-6-21-12)9-13(18)16-11-4-2-3-10(15)7-11/h2-4,7,12H,5-6,8-9H2,1H3,(H,16,18). The fraction of sp³-hybridized carbons (Fsp3) is 0.429. The zero-order valence-corrected chi connectivity index (χ0v) is 12.4. The number of rotatable bonds is 4. The van der Waals surface area contributed by atoms with Gasteiger partial charge in [-0.2, -0.15) is 0 Å². The van der Waals surface area contributed by atoms with Crippen molar-refractivity contribution >= 4 is 29.2 Å². The summed E-state index contributed by atoms with van der Waals surface area (Å²) in [7, 11) is 1.32. The van der Waals surface area contributed by atoms with Crippen LogP contribution in [0.2, 0.25) is 5.02 Å². The molecule has 1 aromatic rings. The van der Waals surface area contributed by atoms with Crippen LogP contribution in [0.1, 0.15) is 0 Å². The van der Waals surface area contributed by atoms with Crippen LogP contribution in [-0.2, 0) is 19.1 Å². The Bertz CT molecular complexity index is 523. The minimum Gasteiger partial charge on any atom is -0.467 e. The first-order valence-electron chi connectivity index (χ1n) is 6.55. The number of hydrogen-bond donors (Lipinski definition) is 1. The molecule has 1 fully saturated rings. The molecule has 0 spiro atoms. The molecular weight excluding hydrogens is 296 g/mol. The Hall–Kier alpha value is -1.63. The van der Waals surface area contributed by atoms with Crippen molar-refractivity contribution in [2.75, 3.05) is 38.7 Å². The number of methoxy groups -OCH3 is 1. The van der Waals surface area contributed by atoms with Gasteiger partial charge < -0.3 is 14.8 Å². The van der Waals surface area contributed by atoms with Gasteiger partial charge in [0.15, 0.2) is 6.10 Å². The molecule has 114 valence electrons. The average molecular weight is 313 g/mol. The third-order valence-electron chi connectivity index (χ3n) is 3.09. The van der Waals surface area contributed by atoms with E-state index in [2.05, 4.69) is 10.1 Å². The molecule has 1 heterocycles. The highest BCUT2D eigenvalue weighted by Crippen LogP contribution is 2.15. The largest absolute Gasteiger partial charge is 0.467 e. The number of amides is 1. The maximum Gasteiger partial charge on any atom is 0.336 e. The molecule has 1 atom stereocenters. The van der Waals surface area contributed by atoms with Gasteiger partial charge in [-0.1, -0.05) is 17.7 Å². The first-order chi connectivity index (χ1) is 10.1. The first kappa shape index (κ1) is 15.8. The average Bonchev–Trinajstić information content (AvgIpc) is 2.46. The lowest BCUT2D eigenvalue weighted by molar-refractivity contribution is -0.160. The summed E-state index contributed by atoms with van der Waals surface area (Å²) in [6, 6.07) is 6.94. The van der Waals surface area contributed by atoms with E-state index in [1.165, 1.54) is 7.11 Å². The highest BCUT2D eigenvalue weighted by Gasteiger charge is 2.28. The van der Waals surface area contributed by atoms with Gasteiger partial charge in [-0.25, -0.2) is 4.79 Å². The molecule has 0 bridgehead atoms. The number of nitrogens with one attached hydrogen (secondary N) is 1. The molecule has 2 rings (SSSR count). The van der Waals surface area contributed by atoms with Gasteiger partial charge in [0.05, 0.1) is 20.3 Å².